The molecule has 2 rings (SSSR count). The van der Waals surface area contributed by atoms with Crippen LogP contribution in [0.25, 0.3) is 11.1 Å². The third-order valence-electron chi connectivity index (χ3n) is 2.59. The van der Waals surface area contributed by atoms with E-state index in [1.807, 2.05) is 0 Å². The number of benzene rings is 1. The summed E-state index contributed by atoms with van der Waals surface area (Å²) in [5.41, 5.74) is 1.24. The van der Waals surface area contributed by atoms with Gasteiger partial charge in [-0.25, -0.2) is 4.98 Å². The van der Waals surface area contributed by atoms with Crippen LogP contribution in [0.5, 0.6) is 0 Å². The lowest BCUT2D eigenvalue weighted by atomic mass is 10.00. The monoisotopic (exact) mass is 333 g/mol. The first-order valence-corrected chi connectivity index (χ1v) is 6.53. The summed E-state index contributed by atoms with van der Waals surface area (Å²) in [5, 5.41) is 9.51. The molecule has 0 saturated carbocycles. The molecule has 0 amide bonds. The fourth-order valence-electron chi connectivity index (χ4n) is 1.75. The second kappa shape index (κ2) is 5.95. The predicted molar refractivity (Wildman–Crippen MR) is 76.0 cm³/mol. The number of halogens is 4. The molecule has 0 aliphatic heterocycles. The van der Waals surface area contributed by atoms with Gasteiger partial charge in [-0.15, -0.1) is 0 Å². The summed E-state index contributed by atoms with van der Waals surface area (Å²) >= 11 is 17.7. The zero-order valence-electron chi connectivity index (χ0n) is 9.83. The van der Waals surface area contributed by atoms with Crippen LogP contribution in [0.2, 0.25) is 15.1 Å². The van der Waals surface area contributed by atoms with Gasteiger partial charge in [0.05, 0.1) is 21.5 Å². The molecule has 0 unspecified atom stereocenters. The van der Waals surface area contributed by atoms with Crippen molar-refractivity contribution >= 4 is 40.8 Å². The number of hydrogen-bond acceptors (Lipinski definition) is 2. The largest absolute Gasteiger partial charge is 0.481 e. The summed E-state index contributed by atoms with van der Waals surface area (Å²) in [6.07, 6.45) is 0.899. The SMILES string of the molecule is O=C(O)Cc1cc(F)ncc1-c1cc(Cl)c(Cl)c(Cl)c1. The van der Waals surface area contributed by atoms with E-state index in [4.69, 9.17) is 39.9 Å². The van der Waals surface area contributed by atoms with Crippen molar-refractivity contribution in [3.05, 3.63) is 51.0 Å². The van der Waals surface area contributed by atoms with Gasteiger partial charge in [-0.1, -0.05) is 34.8 Å². The number of pyridine rings is 1. The van der Waals surface area contributed by atoms with E-state index in [1.165, 1.54) is 18.3 Å². The number of aromatic nitrogens is 1. The van der Waals surface area contributed by atoms with Crippen molar-refractivity contribution in [2.45, 2.75) is 6.42 Å². The van der Waals surface area contributed by atoms with Crippen LogP contribution in [0.3, 0.4) is 0 Å². The fraction of sp³-hybridized carbons (Fsp3) is 0.0769. The van der Waals surface area contributed by atoms with Crippen molar-refractivity contribution in [1.82, 2.24) is 4.98 Å². The molecular formula is C13H7Cl3FNO2. The number of aliphatic carboxylic acids is 1. The molecule has 0 aliphatic rings. The third-order valence-corrected chi connectivity index (χ3v) is 3.79. The van der Waals surface area contributed by atoms with E-state index < -0.39 is 11.9 Å². The minimum Gasteiger partial charge on any atom is -0.481 e. The highest BCUT2D eigenvalue weighted by Crippen LogP contribution is 2.36. The molecule has 1 aromatic heterocycles. The number of nitrogens with zero attached hydrogens (tertiary/aromatic N) is 1. The lowest BCUT2D eigenvalue weighted by molar-refractivity contribution is -0.136. The normalized spacial score (nSPS) is 10.6. The van der Waals surface area contributed by atoms with Crippen LogP contribution in [0, 0.1) is 5.95 Å². The second-order valence-electron chi connectivity index (χ2n) is 3.99. The Labute approximate surface area is 128 Å². The van der Waals surface area contributed by atoms with Gasteiger partial charge >= 0.3 is 5.97 Å². The van der Waals surface area contributed by atoms with E-state index in [0.717, 1.165) is 6.07 Å². The van der Waals surface area contributed by atoms with Gasteiger partial charge < -0.3 is 5.11 Å². The first-order chi connectivity index (χ1) is 9.38. The van der Waals surface area contributed by atoms with Crippen LogP contribution in [-0.4, -0.2) is 16.1 Å². The van der Waals surface area contributed by atoms with Gasteiger partial charge in [0, 0.05) is 11.8 Å². The molecule has 1 aromatic carbocycles. The molecule has 7 heteroatoms. The summed E-state index contributed by atoms with van der Waals surface area (Å²) in [4.78, 5) is 14.4. The summed E-state index contributed by atoms with van der Waals surface area (Å²) in [6, 6.07) is 4.12. The van der Waals surface area contributed by atoms with Gasteiger partial charge in [0.25, 0.3) is 0 Å². The zero-order chi connectivity index (χ0) is 14.9. The first kappa shape index (κ1) is 15.0. The van der Waals surface area contributed by atoms with Crippen LogP contribution in [0.1, 0.15) is 5.56 Å². The van der Waals surface area contributed by atoms with Crippen molar-refractivity contribution in [3.8, 4) is 11.1 Å². The number of carbonyl (C=O) groups is 1. The standard InChI is InChI=1S/C13H7Cl3FNO2/c14-9-1-6(2-10(15)13(9)16)8-5-18-11(17)3-7(8)4-12(19)20/h1-3,5H,4H2,(H,19,20). The quantitative estimate of drug-likeness (QED) is 0.665. The van der Waals surface area contributed by atoms with Crippen LogP contribution in [0.4, 0.5) is 4.39 Å². The average molecular weight is 335 g/mol. The number of carboxylic acids is 1. The smallest absolute Gasteiger partial charge is 0.307 e. The maximum absolute atomic E-state index is 13.2. The molecule has 0 saturated heterocycles. The molecule has 3 nitrogen and oxygen atoms in total. The van der Waals surface area contributed by atoms with Crippen molar-refractivity contribution in [2.75, 3.05) is 0 Å². The molecule has 2 aromatic rings. The van der Waals surface area contributed by atoms with E-state index in [-0.39, 0.29) is 27.1 Å². The maximum Gasteiger partial charge on any atom is 0.307 e. The Morgan fingerprint density at radius 2 is 1.80 bits per heavy atom. The molecule has 0 spiro atoms. The summed E-state index contributed by atoms with van der Waals surface area (Å²) < 4.78 is 13.2. The van der Waals surface area contributed by atoms with E-state index in [1.54, 1.807) is 0 Å². The molecule has 104 valence electrons. The Morgan fingerprint density at radius 1 is 1.20 bits per heavy atom. The highest BCUT2D eigenvalue weighted by molar-refractivity contribution is 6.48. The Hall–Kier alpha value is -1.36. The molecule has 1 N–H and O–H groups in total. The van der Waals surface area contributed by atoms with Gasteiger partial charge in [-0.05, 0) is 29.3 Å². The Bertz CT molecular complexity index is 668. The molecule has 0 bridgehead atoms. The minimum atomic E-state index is -1.08. The Kier molecular flexibility index (Phi) is 4.48. The maximum atomic E-state index is 13.2. The first-order valence-electron chi connectivity index (χ1n) is 5.39. The summed E-state index contributed by atoms with van der Waals surface area (Å²) in [5.74, 6) is -1.83. The van der Waals surface area contributed by atoms with E-state index in [9.17, 15) is 9.18 Å². The minimum absolute atomic E-state index is 0.201. The van der Waals surface area contributed by atoms with Gasteiger partial charge in [0.2, 0.25) is 5.95 Å². The van der Waals surface area contributed by atoms with E-state index in [0.29, 0.717) is 11.1 Å². The molecule has 20 heavy (non-hydrogen) atoms. The van der Waals surface area contributed by atoms with E-state index in [2.05, 4.69) is 4.98 Å². The third kappa shape index (κ3) is 3.20. The molecule has 0 aliphatic carbocycles. The number of carboxylic acid groups (broad SMARTS) is 1. The van der Waals surface area contributed by atoms with Crippen LogP contribution in [0.15, 0.2) is 24.4 Å². The molecule has 0 fully saturated rings. The number of hydrogen-bond donors (Lipinski definition) is 1. The Balaban J connectivity index is 2.60. The molecule has 0 atom stereocenters. The molecular weight excluding hydrogens is 328 g/mol. The zero-order valence-corrected chi connectivity index (χ0v) is 12.1. The highest BCUT2D eigenvalue weighted by Gasteiger charge is 2.14. The average Bonchev–Trinajstić information content (AvgIpc) is 2.35. The van der Waals surface area contributed by atoms with E-state index >= 15 is 0 Å². The van der Waals surface area contributed by atoms with Gasteiger partial charge in [-0.2, -0.15) is 4.39 Å². The number of rotatable bonds is 3. The second-order valence-corrected chi connectivity index (χ2v) is 5.18. The van der Waals surface area contributed by atoms with Crippen LogP contribution >= 0.6 is 34.8 Å². The molecule has 0 radical (unpaired) electrons. The van der Waals surface area contributed by atoms with Crippen molar-refractivity contribution in [2.24, 2.45) is 0 Å². The van der Waals surface area contributed by atoms with Crippen molar-refractivity contribution in [1.29, 1.82) is 0 Å². The summed E-state index contributed by atoms with van der Waals surface area (Å²) in [6.45, 7) is 0. The van der Waals surface area contributed by atoms with Crippen molar-refractivity contribution in [3.63, 3.8) is 0 Å². The lowest BCUT2D eigenvalue weighted by Gasteiger charge is -2.10. The van der Waals surface area contributed by atoms with Crippen molar-refractivity contribution < 1.29 is 14.3 Å². The fourth-order valence-corrected chi connectivity index (χ4v) is 2.34. The lowest BCUT2D eigenvalue weighted by Crippen LogP contribution is -2.03. The predicted octanol–water partition coefficient (Wildman–Crippen LogP) is 4.48. The van der Waals surface area contributed by atoms with Crippen LogP contribution < -0.4 is 0 Å². The molecule has 1 heterocycles. The van der Waals surface area contributed by atoms with Gasteiger partial charge in [-0.3, -0.25) is 4.79 Å². The van der Waals surface area contributed by atoms with Gasteiger partial charge in [0.15, 0.2) is 0 Å². The van der Waals surface area contributed by atoms with Gasteiger partial charge in [0.1, 0.15) is 0 Å². The Morgan fingerprint density at radius 3 is 2.35 bits per heavy atom. The summed E-state index contributed by atoms with van der Waals surface area (Å²) in [7, 11) is 0. The van der Waals surface area contributed by atoms with Crippen LogP contribution in [-0.2, 0) is 11.2 Å². The topological polar surface area (TPSA) is 50.2 Å². The highest BCUT2D eigenvalue weighted by atomic mass is 35.5.